The third-order valence-corrected chi connectivity index (χ3v) is 5.36. The maximum atomic E-state index is 13.2. The van der Waals surface area contributed by atoms with Crippen LogP contribution in [0.3, 0.4) is 0 Å². The number of nitro benzene ring substituents is 1. The molecular formula is C24H18ClN3O3. The van der Waals surface area contributed by atoms with E-state index in [4.69, 9.17) is 16.6 Å². The topological polar surface area (TPSA) is 85.1 Å². The maximum Gasteiger partial charge on any atom is 0.271 e. The second-order valence-corrected chi connectivity index (χ2v) is 7.67. The molecule has 3 aromatic carbocycles. The van der Waals surface area contributed by atoms with E-state index in [-0.39, 0.29) is 16.4 Å². The van der Waals surface area contributed by atoms with E-state index in [2.05, 4.69) is 11.4 Å². The van der Waals surface area contributed by atoms with Crippen LogP contribution in [0.15, 0.2) is 66.7 Å². The fraction of sp³-hybridized carbons (Fsp3) is 0.0833. The molecule has 1 aromatic heterocycles. The van der Waals surface area contributed by atoms with Gasteiger partial charge in [0, 0.05) is 23.1 Å². The summed E-state index contributed by atoms with van der Waals surface area (Å²) in [6.45, 7) is 4.02. The van der Waals surface area contributed by atoms with E-state index in [0.717, 1.165) is 16.7 Å². The molecule has 0 aliphatic rings. The van der Waals surface area contributed by atoms with Gasteiger partial charge in [0.1, 0.15) is 0 Å². The van der Waals surface area contributed by atoms with Crippen molar-refractivity contribution in [1.29, 1.82) is 0 Å². The number of fused-ring (bicyclic) bond motifs is 1. The van der Waals surface area contributed by atoms with Crippen molar-refractivity contribution in [3.05, 3.63) is 98.6 Å². The lowest BCUT2D eigenvalue weighted by atomic mass is 9.99. The molecule has 0 saturated carbocycles. The Kier molecular flexibility index (Phi) is 5.40. The molecule has 6 nitrogen and oxygen atoms in total. The number of nitrogens with zero attached hydrogens (tertiary/aromatic N) is 2. The maximum absolute atomic E-state index is 13.2. The monoisotopic (exact) mass is 431 g/mol. The Morgan fingerprint density at radius 1 is 1.03 bits per heavy atom. The smallest absolute Gasteiger partial charge is 0.271 e. The highest BCUT2D eigenvalue weighted by Crippen LogP contribution is 2.30. The molecule has 31 heavy (non-hydrogen) atoms. The van der Waals surface area contributed by atoms with Crippen molar-refractivity contribution < 1.29 is 9.72 Å². The second-order valence-electron chi connectivity index (χ2n) is 7.27. The lowest BCUT2D eigenvalue weighted by Gasteiger charge is -2.13. The number of aryl methyl sites for hydroxylation is 2. The number of aromatic nitrogens is 1. The van der Waals surface area contributed by atoms with Crippen LogP contribution < -0.4 is 5.32 Å². The van der Waals surface area contributed by atoms with Crippen molar-refractivity contribution in [2.75, 3.05) is 5.32 Å². The zero-order valence-corrected chi connectivity index (χ0v) is 17.6. The molecular weight excluding hydrogens is 414 g/mol. The summed E-state index contributed by atoms with van der Waals surface area (Å²) in [5.41, 5.74) is 4.89. The van der Waals surface area contributed by atoms with Crippen LogP contribution >= 0.6 is 11.6 Å². The molecule has 0 aliphatic heterocycles. The number of para-hydroxylation sites is 1. The highest BCUT2D eigenvalue weighted by atomic mass is 35.5. The van der Waals surface area contributed by atoms with Gasteiger partial charge in [-0.25, -0.2) is 4.98 Å². The molecule has 1 heterocycles. The number of halogens is 1. The SMILES string of the molecule is Cc1ccc(-c2cc(C(=O)Nc3cc([N+](=O)[O-])ccc3Cl)c3ccccc3n2)c(C)c1. The molecule has 1 N–H and O–H groups in total. The average molecular weight is 432 g/mol. The standard InChI is InChI=1S/C24H18ClN3O3/c1-14-7-9-17(15(2)11-14)22-13-19(18-5-3-4-6-21(18)26-22)24(29)27-23-12-16(28(30)31)8-10-20(23)25/h3-13H,1-2H3,(H,27,29). The number of hydrogen-bond donors (Lipinski definition) is 1. The van der Waals surface area contributed by atoms with Crippen LogP contribution in [-0.4, -0.2) is 15.8 Å². The first-order valence-electron chi connectivity index (χ1n) is 9.56. The van der Waals surface area contributed by atoms with E-state index in [0.29, 0.717) is 22.2 Å². The first-order chi connectivity index (χ1) is 14.8. The zero-order chi connectivity index (χ0) is 22.1. The van der Waals surface area contributed by atoms with E-state index in [1.54, 1.807) is 6.07 Å². The van der Waals surface area contributed by atoms with Gasteiger partial charge in [-0.3, -0.25) is 14.9 Å². The molecule has 0 spiro atoms. The number of anilines is 1. The Balaban J connectivity index is 1.82. The average Bonchev–Trinajstić information content (AvgIpc) is 2.74. The van der Waals surface area contributed by atoms with Crippen LogP contribution in [0.25, 0.3) is 22.2 Å². The predicted molar refractivity (Wildman–Crippen MR) is 123 cm³/mol. The Morgan fingerprint density at radius 2 is 1.81 bits per heavy atom. The normalized spacial score (nSPS) is 10.8. The van der Waals surface area contributed by atoms with Crippen molar-refractivity contribution in [1.82, 2.24) is 4.98 Å². The highest BCUT2D eigenvalue weighted by molar-refractivity contribution is 6.34. The number of pyridine rings is 1. The summed E-state index contributed by atoms with van der Waals surface area (Å²) in [5.74, 6) is -0.424. The van der Waals surface area contributed by atoms with E-state index < -0.39 is 10.8 Å². The van der Waals surface area contributed by atoms with Crippen LogP contribution in [0.1, 0.15) is 21.5 Å². The predicted octanol–water partition coefficient (Wildman–Crippen LogP) is 6.33. The van der Waals surface area contributed by atoms with Crippen LogP contribution in [0.2, 0.25) is 5.02 Å². The van der Waals surface area contributed by atoms with Crippen molar-refractivity contribution in [2.24, 2.45) is 0 Å². The molecule has 0 unspecified atom stereocenters. The molecule has 0 atom stereocenters. The van der Waals surface area contributed by atoms with Crippen LogP contribution in [-0.2, 0) is 0 Å². The van der Waals surface area contributed by atoms with Gasteiger partial charge in [0.05, 0.1) is 32.4 Å². The van der Waals surface area contributed by atoms with Gasteiger partial charge in [-0.1, -0.05) is 53.6 Å². The summed E-state index contributed by atoms with van der Waals surface area (Å²) < 4.78 is 0. The minimum absolute atomic E-state index is 0.157. The number of carbonyl (C=O) groups excluding carboxylic acids is 1. The molecule has 0 saturated heterocycles. The summed E-state index contributed by atoms with van der Waals surface area (Å²) in [6, 6.07) is 19.1. The fourth-order valence-electron chi connectivity index (χ4n) is 3.51. The third kappa shape index (κ3) is 4.11. The van der Waals surface area contributed by atoms with Crippen molar-refractivity contribution >= 4 is 39.8 Å². The number of rotatable bonds is 4. The highest BCUT2D eigenvalue weighted by Gasteiger charge is 2.17. The minimum atomic E-state index is -0.536. The van der Waals surface area contributed by atoms with Gasteiger partial charge in [-0.15, -0.1) is 0 Å². The molecule has 0 aliphatic carbocycles. The summed E-state index contributed by atoms with van der Waals surface area (Å²) in [4.78, 5) is 28.5. The van der Waals surface area contributed by atoms with Crippen LogP contribution in [0.4, 0.5) is 11.4 Å². The first kappa shape index (κ1) is 20.5. The Morgan fingerprint density at radius 3 is 2.55 bits per heavy atom. The van der Waals surface area contributed by atoms with E-state index >= 15 is 0 Å². The van der Waals surface area contributed by atoms with Gasteiger partial charge >= 0.3 is 0 Å². The number of carbonyl (C=O) groups is 1. The lowest BCUT2D eigenvalue weighted by Crippen LogP contribution is -2.13. The molecule has 4 rings (SSSR count). The fourth-order valence-corrected chi connectivity index (χ4v) is 3.68. The Hall–Kier alpha value is -3.77. The minimum Gasteiger partial charge on any atom is -0.320 e. The number of nitrogens with one attached hydrogen (secondary N) is 1. The Bertz CT molecular complexity index is 1350. The molecule has 1 amide bonds. The summed E-state index contributed by atoms with van der Waals surface area (Å²) in [5, 5.41) is 14.7. The van der Waals surface area contributed by atoms with E-state index in [9.17, 15) is 14.9 Å². The van der Waals surface area contributed by atoms with Gasteiger partial charge in [0.2, 0.25) is 0 Å². The largest absolute Gasteiger partial charge is 0.320 e. The zero-order valence-electron chi connectivity index (χ0n) is 16.8. The summed E-state index contributed by atoms with van der Waals surface area (Å²) in [6.07, 6.45) is 0. The molecule has 0 bridgehead atoms. The Labute approximate surface area is 183 Å². The molecule has 0 fully saturated rings. The lowest BCUT2D eigenvalue weighted by molar-refractivity contribution is -0.384. The quantitative estimate of drug-likeness (QED) is 0.302. The van der Waals surface area contributed by atoms with E-state index in [1.165, 1.54) is 18.2 Å². The third-order valence-electron chi connectivity index (χ3n) is 5.03. The number of non-ortho nitro benzene ring substituents is 1. The first-order valence-corrected chi connectivity index (χ1v) is 9.94. The number of nitro groups is 1. The van der Waals surface area contributed by atoms with Gasteiger partial charge in [-0.05, 0) is 37.6 Å². The molecule has 0 radical (unpaired) electrons. The molecule has 7 heteroatoms. The van der Waals surface area contributed by atoms with Crippen LogP contribution in [0, 0.1) is 24.0 Å². The van der Waals surface area contributed by atoms with Gasteiger partial charge < -0.3 is 5.32 Å². The van der Waals surface area contributed by atoms with E-state index in [1.807, 2.05) is 50.2 Å². The van der Waals surface area contributed by atoms with Crippen molar-refractivity contribution in [3.63, 3.8) is 0 Å². The van der Waals surface area contributed by atoms with Crippen molar-refractivity contribution in [3.8, 4) is 11.3 Å². The van der Waals surface area contributed by atoms with Crippen LogP contribution in [0.5, 0.6) is 0 Å². The van der Waals surface area contributed by atoms with Gasteiger partial charge in [0.15, 0.2) is 0 Å². The van der Waals surface area contributed by atoms with Gasteiger partial charge in [0.25, 0.3) is 11.6 Å². The molecule has 154 valence electrons. The number of benzene rings is 3. The summed E-state index contributed by atoms with van der Waals surface area (Å²) in [7, 11) is 0. The summed E-state index contributed by atoms with van der Waals surface area (Å²) >= 11 is 6.16. The molecule has 4 aromatic rings. The van der Waals surface area contributed by atoms with Gasteiger partial charge in [-0.2, -0.15) is 0 Å². The van der Waals surface area contributed by atoms with Crippen molar-refractivity contribution in [2.45, 2.75) is 13.8 Å². The second kappa shape index (κ2) is 8.16. The number of hydrogen-bond acceptors (Lipinski definition) is 4. The number of amides is 1.